The van der Waals surface area contributed by atoms with Crippen molar-refractivity contribution in [3.05, 3.63) is 35.5 Å². The lowest BCUT2D eigenvalue weighted by molar-refractivity contribution is -0.121. The van der Waals surface area contributed by atoms with Crippen molar-refractivity contribution >= 4 is 17.2 Å². The third-order valence-electron chi connectivity index (χ3n) is 5.60. The van der Waals surface area contributed by atoms with Crippen molar-refractivity contribution in [1.82, 2.24) is 15.3 Å². The Labute approximate surface area is 146 Å². The van der Waals surface area contributed by atoms with Crippen LogP contribution in [0.5, 0.6) is 0 Å². The Morgan fingerprint density at radius 2 is 2.29 bits per heavy atom. The number of thiazole rings is 1. The highest BCUT2D eigenvalue weighted by Gasteiger charge is 2.42. The maximum Gasteiger partial charge on any atom is 0.226 e. The second kappa shape index (κ2) is 6.63. The monoisotopic (exact) mass is 341 g/mol. The average molecular weight is 341 g/mol. The molecule has 4 atom stereocenters. The number of carbonyl (C=O) groups is 1. The van der Waals surface area contributed by atoms with Gasteiger partial charge < -0.3 is 5.32 Å². The number of nitrogens with one attached hydrogen (secondary N) is 1. The van der Waals surface area contributed by atoms with Gasteiger partial charge in [-0.05, 0) is 56.1 Å². The zero-order valence-corrected chi connectivity index (χ0v) is 14.8. The SMILES string of the molecule is CC(NC(=O)Cc1csc(-c2ccccn2)n1)C1CC2CCC1C2. The first-order chi connectivity index (χ1) is 11.7. The van der Waals surface area contributed by atoms with E-state index in [0.717, 1.165) is 28.2 Å². The fourth-order valence-corrected chi connectivity index (χ4v) is 5.27. The summed E-state index contributed by atoms with van der Waals surface area (Å²) < 4.78 is 0. The number of hydrogen-bond acceptors (Lipinski definition) is 4. The molecule has 2 fully saturated rings. The second-order valence-corrected chi connectivity index (χ2v) is 8.09. The van der Waals surface area contributed by atoms with Crippen molar-refractivity contribution in [1.29, 1.82) is 0 Å². The van der Waals surface area contributed by atoms with Crippen LogP contribution in [0.2, 0.25) is 0 Å². The molecule has 2 aromatic heterocycles. The number of fused-ring (bicyclic) bond motifs is 2. The van der Waals surface area contributed by atoms with Crippen LogP contribution in [0, 0.1) is 17.8 Å². The zero-order valence-electron chi connectivity index (χ0n) is 13.9. The van der Waals surface area contributed by atoms with Gasteiger partial charge in [-0.15, -0.1) is 11.3 Å². The maximum atomic E-state index is 12.4. The third kappa shape index (κ3) is 3.22. The summed E-state index contributed by atoms with van der Waals surface area (Å²) in [6, 6.07) is 6.07. The molecule has 1 N–H and O–H groups in total. The van der Waals surface area contributed by atoms with Gasteiger partial charge in [0.1, 0.15) is 5.01 Å². The molecule has 126 valence electrons. The minimum Gasteiger partial charge on any atom is -0.353 e. The predicted molar refractivity (Wildman–Crippen MR) is 95.6 cm³/mol. The first-order valence-corrected chi connectivity index (χ1v) is 9.72. The smallest absolute Gasteiger partial charge is 0.226 e. The maximum absolute atomic E-state index is 12.4. The van der Waals surface area contributed by atoms with Crippen LogP contribution in [0.3, 0.4) is 0 Å². The summed E-state index contributed by atoms with van der Waals surface area (Å²) in [5.41, 5.74) is 1.70. The fraction of sp³-hybridized carbons (Fsp3) is 0.526. The van der Waals surface area contributed by atoms with E-state index in [1.807, 2.05) is 23.6 Å². The van der Waals surface area contributed by atoms with Gasteiger partial charge in [-0.2, -0.15) is 0 Å². The van der Waals surface area contributed by atoms with E-state index >= 15 is 0 Å². The lowest BCUT2D eigenvalue weighted by atomic mass is 9.84. The van der Waals surface area contributed by atoms with Gasteiger partial charge in [-0.25, -0.2) is 4.98 Å². The van der Waals surface area contributed by atoms with Gasteiger partial charge in [0, 0.05) is 17.6 Å². The Kier molecular flexibility index (Phi) is 4.35. The normalized spacial score (nSPS) is 26.5. The summed E-state index contributed by atoms with van der Waals surface area (Å²) in [5, 5.41) is 6.05. The summed E-state index contributed by atoms with van der Waals surface area (Å²) in [6.07, 6.45) is 7.55. The molecule has 4 nitrogen and oxygen atoms in total. The predicted octanol–water partition coefficient (Wildman–Crippen LogP) is 3.69. The number of rotatable bonds is 5. The molecule has 2 heterocycles. The number of aromatic nitrogens is 2. The Bertz CT molecular complexity index is 714. The van der Waals surface area contributed by atoms with Crippen molar-refractivity contribution < 1.29 is 4.79 Å². The lowest BCUT2D eigenvalue weighted by Crippen LogP contribution is -2.40. The second-order valence-electron chi connectivity index (χ2n) is 7.23. The van der Waals surface area contributed by atoms with E-state index in [1.165, 1.54) is 25.7 Å². The minimum atomic E-state index is 0.0862. The van der Waals surface area contributed by atoms with Crippen LogP contribution < -0.4 is 5.32 Å². The molecule has 0 aliphatic heterocycles. The van der Waals surface area contributed by atoms with E-state index in [9.17, 15) is 4.79 Å². The number of nitrogens with zero attached hydrogens (tertiary/aromatic N) is 2. The molecule has 4 rings (SSSR count). The van der Waals surface area contributed by atoms with E-state index in [0.29, 0.717) is 12.3 Å². The van der Waals surface area contributed by atoms with E-state index in [2.05, 4.69) is 22.2 Å². The van der Waals surface area contributed by atoms with Gasteiger partial charge in [-0.1, -0.05) is 12.5 Å². The molecular weight excluding hydrogens is 318 g/mol. The first kappa shape index (κ1) is 15.8. The van der Waals surface area contributed by atoms with Crippen LogP contribution in [0.1, 0.15) is 38.3 Å². The number of amides is 1. The average Bonchev–Trinajstić information content (AvgIpc) is 3.32. The van der Waals surface area contributed by atoms with Crippen LogP contribution in [0.4, 0.5) is 0 Å². The summed E-state index contributed by atoms with van der Waals surface area (Å²) >= 11 is 1.55. The Morgan fingerprint density at radius 1 is 1.38 bits per heavy atom. The molecule has 5 heteroatoms. The largest absolute Gasteiger partial charge is 0.353 e. The van der Waals surface area contributed by atoms with Gasteiger partial charge in [-0.3, -0.25) is 9.78 Å². The van der Waals surface area contributed by atoms with Crippen molar-refractivity contribution in [2.75, 3.05) is 0 Å². The Balaban J connectivity index is 1.34. The molecule has 2 bridgehead atoms. The number of carbonyl (C=O) groups excluding carboxylic acids is 1. The molecule has 4 unspecified atom stereocenters. The molecule has 2 aromatic rings. The molecule has 0 saturated heterocycles. The molecule has 24 heavy (non-hydrogen) atoms. The van der Waals surface area contributed by atoms with Crippen molar-refractivity contribution in [3.63, 3.8) is 0 Å². The molecule has 0 spiro atoms. The first-order valence-electron chi connectivity index (χ1n) is 8.84. The third-order valence-corrected chi connectivity index (χ3v) is 6.51. The summed E-state index contributed by atoms with van der Waals surface area (Å²) in [4.78, 5) is 21.2. The van der Waals surface area contributed by atoms with Gasteiger partial charge in [0.05, 0.1) is 17.8 Å². The van der Waals surface area contributed by atoms with E-state index in [1.54, 1.807) is 17.5 Å². The number of pyridine rings is 1. The van der Waals surface area contributed by atoms with Crippen molar-refractivity contribution in [3.8, 4) is 10.7 Å². The quantitative estimate of drug-likeness (QED) is 0.902. The van der Waals surface area contributed by atoms with Crippen molar-refractivity contribution in [2.24, 2.45) is 17.8 Å². The summed E-state index contributed by atoms with van der Waals surface area (Å²) in [6.45, 7) is 2.17. The van der Waals surface area contributed by atoms with Crippen LogP contribution >= 0.6 is 11.3 Å². The molecule has 2 saturated carbocycles. The van der Waals surface area contributed by atoms with E-state index < -0.39 is 0 Å². The van der Waals surface area contributed by atoms with E-state index in [-0.39, 0.29) is 11.9 Å². The molecule has 0 radical (unpaired) electrons. The van der Waals surface area contributed by atoms with Crippen LogP contribution in [0.15, 0.2) is 29.8 Å². The summed E-state index contributed by atoms with van der Waals surface area (Å²) in [5.74, 6) is 2.51. The summed E-state index contributed by atoms with van der Waals surface area (Å²) in [7, 11) is 0. The van der Waals surface area contributed by atoms with Crippen LogP contribution in [-0.4, -0.2) is 21.9 Å². The number of hydrogen-bond donors (Lipinski definition) is 1. The van der Waals surface area contributed by atoms with Crippen molar-refractivity contribution in [2.45, 2.75) is 45.1 Å². The van der Waals surface area contributed by atoms with Gasteiger partial charge in [0.2, 0.25) is 5.91 Å². The fourth-order valence-electron chi connectivity index (χ4n) is 4.48. The van der Waals surface area contributed by atoms with Gasteiger partial charge >= 0.3 is 0 Å². The lowest BCUT2D eigenvalue weighted by Gasteiger charge is -2.28. The standard InChI is InChI=1S/C19H23N3OS/c1-12(16-9-13-5-6-14(16)8-13)21-18(23)10-15-11-24-19(22-15)17-4-2-3-7-20-17/h2-4,7,11-14,16H,5-6,8-10H2,1H3,(H,21,23). The Hall–Kier alpha value is -1.75. The molecule has 2 aliphatic rings. The zero-order chi connectivity index (χ0) is 16.5. The van der Waals surface area contributed by atoms with Crippen LogP contribution in [-0.2, 0) is 11.2 Å². The highest BCUT2D eigenvalue weighted by atomic mass is 32.1. The highest BCUT2D eigenvalue weighted by molar-refractivity contribution is 7.13. The molecular formula is C19H23N3OS. The van der Waals surface area contributed by atoms with Gasteiger partial charge in [0.15, 0.2) is 0 Å². The topological polar surface area (TPSA) is 54.9 Å². The van der Waals surface area contributed by atoms with Gasteiger partial charge in [0.25, 0.3) is 0 Å². The minimum absolute atomic E-state index is 0.0862. The van der Waals surface area contributed by atoms with E-state index in [4.69, 9.17) is 0 Å². The van der Waals surface area contributed by atoms with Crippen LogP contribution in [0.25, 0.3) is 10.7 Å². The highest BCUT2D eigenvalue weighted by Crippen LogP contribution is 2.49. The Morgan fingerprint density at radius 3 is 3.00 bits per heavy atom. The molecule has 0 aromatic carbocycles. The molecule has 1 amide bonds. The molecule has 2 aliphatic carbocycles.